The maximum atomic E-state index is 12.7. The SMILES string of the molecule is CCOc1cc2nc(C(F)(F)F)nc(Cl)c2cc1OCC. The maximum Gasteiger partial charge on any atom is 0.451 e. The highest BCUT2D eigenvalue weighted by atomic mass is 35.5. The van der Waals surface area contributed by atoms with Crippen molar-refractivity contribution in [3.05, 3.63) is 23.1 Å². The number of aromatic nitrogens is 2. The molecule has 8 heteroatoms. The van der Waals surface area contributed by atoms with Crippen molar-refractivity contribution in [3.8, 4) is 11.5 Å². The van der Waals surface area contributed by atoms with Crippen LogP contribution in [0.5, 0.6) is 11.5 Å². The molecule has 0 N–H and O–H groups in total. The lowest BCUT2D eigenvalue weighted by Crippen LogP contribution is -2.11. The van der Waals surface area contributed by atoms with Crippen LogP contribution in [0.3, 0.4) is 0 Å². The number of hydrogen-bond acceptors (Lipinski definition) is 4. The van der Waals surface area contributed by atoms with Crippen LogP contribution in [0.15, 0.2) is 12.1 Å². The van der Waals surface area contributed by atoms with E-state index in [0.717, 1.165) is 0 Å². The van der Waals surface area contributed by atoms with Crippen molar-refractivity contribution < 1.29 is 22.6 Å². The van der Waals surface area contributed by atoms with Crippen LogP contribution in [-0.4, -0.2) is 23.2 Å². The van der Waals surface area contributed by atoms with E-state index in [1.807, 2.05) is 0 Å². The Hall–Kier alpha value is -1.76. The molecule has 0 aliphatic rings. The topological polar surface area (TPSA) is 44.2 Å². The van der Waals surface area contributed by atoms with Crippen LogP contribution in [-0.2, 0) is 6.18 Å². The summed E-state index contributed by atoms with van der Waals surface area (Å²) in [6.45, 7) is 4.26. The molecule has 0 saturated heterocycles. The molecule has 0 saturated carbocycles. The van der Waals surface area contributed by atoms with E-state index in [1.54, 1.807) is 13.8 Å². The van der Waals surface area contributed by atoms with Crippen LogP contribution in [0, 0.1) is 0 Å². The summed E-state index contributed by atoms with van der Waals surface area (Å²) in [5, 5.41) is -0.00658. The first-order chi connectivity index (χ1) is 9.86. The maximum absolute atomic E-state index is 12.7. The summed E-state index contributed by atoms with van der Waals surface area (Å²) in [6, 6.07) is 2.85. The summed E-state index contributed by atoms with van der Waals surface area (Å²) in [7, 11) is 0. The molecule has 0 fully saturated rings. The predicted molar refractivity (Wildman–Crippen MR) is 71.9 cm³/mol. The van der Waals surface area contributed by atoms with Crippen molar-refractivity contribution >= 4 is 22.5 Å². The lowest BCUT2D eigenvalue weighted by Gasteiger charge is -2.13. The smallest absolute Gasteiger partial charge is 0.451 e. The van der Waals surface area contributed by atoms with Gasteiger partial charge in [-0.25, -0.2) is 9.97 Å². The van der Waals surface area contributed by atoms with E-state index in [0.29, 0.717) is 24.7 Å². The van der Waals surface area contributed by atoms with Gasteiger partial charge in [-0.15, -0.1) is 0 Å². The Morgan fingerprint density at radius 2 is 1.62 bits per heavy atom. The van der Waals surface area contributed by atoms with Crippen molar-refractivity contribution in [2.45, 2.75) is 20.0 Å². The molecule has 2 aromatic rings. The molecular formula is C13H12ClF3N2O2. The van der Waals surface area contributed by atoms with Crippen molar-refractivity contribution in [1.29, 1.82) is 0 Å². The Balaban J connectivity index is 2.66. The normalized spacial score (nSPS) is 11.7. The molecule has 21 heavy (non-hydrogen) atoms. The highest BCUT2D eigenvalue weighted by molar-refractivity contribution is 6.34. The minimum absolute atomic E-state index is 0.0502. The average molecular weight is 321 g/mol. The summed E-state index contributed by atoms with van der Waals surface area (Å²) in [6.07, 6.45) is -4.66. The van der Waals surface area contributed by atoms with Gasteiger partial charge in [-0.2, -0.15) is 13.2 Å². The number of hydrogen-bond donors (Lipinski definition) is 0. The molecule has 2 rings (SSSR count). The first kappa shape index (κ1) is 15.6. The summed E-state index contributed by atoms with van der Waals surface area (Å²) >= 11 is 5.82. The van der Waals surface area contributed by atoms with Crippen LogP contribution < -0.4 is 9.47 Å². The number of alkyl halides is 3. The van der Waals surface area contributed by atoms with Gasteiger partial charge in [0.25, 0.3) is 0 Å². The molecule has 0 amide bonds. The van der Waals surface area contributed by atoms with Gasteiger partial charge in [0.15, 0.2) is 11.5 Å². The fraction of sp³-hybridized carbons (Fsp3) is 0.385. The monoisotopic (exact) mass is 320 g/mol. The van der Waals surface area contributed by atoms with E-state index < -0.39 is 12.0 Å². The lowest BCUT2D eigenvalue weighted by molar-refractivity contribution is -0.144. The predicted octanol–water partition coefficient (Wildman–Crippen LogP) is 4.10. The van der Waals surface area contributed by atoms with Gasteiger partial charge in [0.05, 0.1) is 18.7 Å². The van der Waals surface area contributed by atoms with Gasteiger partial charge >= 0.3 is 6.18 Å². The standard InChI is InChI=1S/C13H12ClF3N2O2/c1-3-20-9-5-7-8(6-10(9)21-4-2)18-12(13(15,16)17)19-11(7)14/h5-6H,3-4H2,1-2H3. The molecule has 0 atom stereocenters. The molecule has 1 aromatic heterocycles. The fourth-order valence-corrected chi connectivity index (χ4v) is 1.99. The zero-order valence-corrected chi connectivity index (χ0v) is 12.0. The zero-order chi connectivity index (χ0) is 15.6. The largest absolute Gasteiger partial charge is 0.490 e. The number of ether oxygens (including phenoxy) is 2. The second-order valence-corrected chi connectivity index (χ2v) is 4.38. The number of rotatable bonds is 4. The molecule has 0 aliphatic heterocycles. The Morgan fingerprint density at radius 1 is 1.05 bits per heavy atom. The third kappa shape index (κ3) is 3.29. The molecule has 1 aromatic carbocycles. The molecule has 0 spiro atoms. The number of nitrogens with zero attached hydrogens (tertiary/aromatic N) is 2. The van der Waals surface area contributed by atoms with E-state index in [-0.39, 0.29) is 16.1 Å². The van der Waals surface area contributed by atoms with Crippen LogP contribution in [0.4, 0.5) is 13.2 Å². The second-order valence-electron chi connectivity index (χ2n) is 4.02. The first-order valence-electron chi connectivity index (χ1n) is 6.20. The molecule has 0 aliphatic carbocycles. The highest BCUT2D eigenvalue weighted by Crippen LogP contribution is 2.36. The van der Waals surface area contributed by atoms with Crippen molar-refractivity contribution in [1.82, 2.24) is 9.97 Å². The van der Waals surface area contributed by atoms with E-state index in [1.165, 1.54) is 12.1 Å². The van der Waals surface area contributed by atoms with E-state index >= 15 is 0 Å². The quantitative estimate of drug-likeness (QED) is 0.796. The summed E-state index contributed by atoms with van der Waals surface area (Å²) in [5.74, 6) is -0.585. The van der Waals surface area contributed by atoms with Gasteiger partial charge in [-0.3, -0.25) is 0 Å². The molecule has 0 radical (unpaired) electrons. The Labute approximate surface area is 123 Å². The van der Waals surface area contributed by atoms with E-state index in [9.17, 15) is 13.2 Å². The fourth-order valence-electron chi connectivity index (χ4n) is 1.76. The first-order valence-corrected chi connectivity index (χ1v) is 6.58. The third-order valence-electron chi connectivity index (χ3n) is 2.57. The van der Waals surface area contributed by atoms with Crippen LogP contribution in [0.2, 0.25) is 5.15 Å². The lowest BCUT2D eigenvalue weighted by atomic mass is 10.2. The van der Waals surface area contributed by atoms with Crippen LogP contribution in [0.25, 0.3) is 10.9 Å². The Morgan fingerprint density at radius 3 is 2.14 bits per heavy atom. The zero-order valence-electron chi connectivity index (χ0n) is 11.3. The van der Waals surface area contributed by atoms with Gasteiger partial charge in [0.2, 0.25) is 5.82 Å². The molecular weight excluding hydrogens is 309 g/mol. The molecule has 0 bridgehead atoms. The van der Waals surface area contributed by atoms with Gasteiger partial charge in [0.1, 0.15) is 5.15 Å². The summed E-state index contributed by atoms with van der Waals surface area (Å²) < 4.78 is 48.9. The number of benzene rings is 1. The summed E-state index contributed by atoms with van der Waals surface area (Å²) in [4.78, 5) is 6.78. The van der Waals surface area contributed by atoms with E-state index in [4.69, 9.17) is 21.1 Å². The number of halogens is 4. The molecule has 1 heterocycles. The van der Waals surface area contributed by atoms with Crippen LogP contribution in [0.1, 0.15) is 19.7 Å². The minimum Gasteiger partial charge on any atom is -0.490 e. The van der Waals surface area contributed by atoms with Crippen molar-refractivity contribution in [2.75, 3.05) is 13.2 Å². The van der Waals surface area contributed by atoms with Crippen molar-refractivity contribution in [3.63, 3.8) is 0 Å². The molecule has 0 unspecified atom stereocenters. The third-order valence-corrected chi connectivity index (χ3v) is 2.86. The molecule has 4 nitrogen and oxygen atoms in total. The van der Waals surface area contributed by atoms with E-state index in [2.05, 4.69) is 9.97 Å². The molecule has 114 valence electrons. The van der Waals surface area contributed by atoms with Gasteiger partial charge in [-0.1, -0.05) is 11.6 Å². The average Bonchev–Trinajstić information content (AvgIpc) is 2.39. The minimum atomic E-state index is -4.66. The summed E-state index contributed by atoms with van der Waals surface area (Å²) in [5.41, 5.74) is 0.0502. The number of fused-ring (bicyclic) bond motifs is 1. The second kappa shape index (κ2) is 5.93. The van der Waals surface area contributed by atoms with Gasteiger partial charge in [0, 0.05) is 11.5 Å². The highest BCUT2D eigenvalue weighted by Gasteiger charge is 2.35. The van der Waals surface area contributed by atoms with Gasteiger partial charge < -0.3 is 9.47 Å². The van der Waals surface area contributed by atoms with Crippen LogP contribution >= 0.6 is 11.6 Å². The Bertz CT molecular complexity index is 662. The Kier molecular flexibility index (Phi) is 4.41. The van der Waals surface area contributed by atoms with Crippen molar-refractivity contribution in [2.24, 2.45) is 0 Å². The van der Waals surface area contributed by atoms with Gasteiger partial charge in [-0.05, 0) is 19.9 Å².